The van der Waals surface area contributed by atoms with Gasteiger partial charge in [-0.3, -0.25) is 14.0 Å². The molecule has 1 aliphatic heterocycles. The molecule has 8 heteroatoms. The van der Waals surface area contributed by atoms with Gasteiger partial charge in [-0.25, -0.2) is 8.42 Å². The van der Waals surface area contributed by atoms with Gasteiger partial charge in [-0.2, -0.15) is 0 Å². The number of amides is 1. The number of carbonyl (C=O) groups is 1. The second-order valence-electron chi connectivity index (χ2n) is 8.93. The van der Waals surface area contributed by atoms with Crippen molar-refractivity contribution < 1.29 is 13.2 Å². The van der Waals surface area contributed by atoms with Gasteiger partial charge in [-0.15, -0.1) is 0 Å². The summed E-state index contributed by atoms with van der Waals surface area (Å²) >= 11 is 5.93. The van der Waals surface area contributed by atoms with Crippen LogP contribution in [0.3, 0.4) is 0 Å². The lowest BCUT2D eigenvalue weighted by molar-refractivity contribution is 0.0951. The van der Waals surface area contributed by atoms with Crippen LogP contribution < -0.4 is 9.62 Å². The van der Waals surface area contributed by atoms with Gasteiger partial charge in [0.2, 0.25) is 10.0 Å². The molecular formula is C27H30ClN3O3S. The maximum atomic E-state index is 12.7. The zero-order chi connectivity index (χ0) is 24.8. The Labute approximate surface area is 212 Å². The molecule has 3 aromatic rings. The maximum Gasteiger partial charge on any atom is 0.251 e. The Morgan fingerprint density at radius 2 is 1.46 bits per heavy atom. The number of sulfonamides is 1. The number of halogens is 1. The quantitative estimate of drug-likeness (QED) is 0.446. The van der Waals surface area contributed by atoms with Gasteiger partial charge in [0, 0.05) is 23.7 Å². The van der Waals surface area contributed by atoms with Crippen LogP contribution in [0.5, 0.6) is 0 Å². The number of anilines is 1. The molecule has 0 unspecified atom stereocenters. The molecule has 1 saturated heterocycles. The Morgan fingerprint density at radius 3 is 2.06 bits per heavy atom. The Balaban J connectivity index is 1.36. The van der Waals surface area contributed by atoms with Crippen LogP contribution in [-0.2, 0) is 29.7 Å². The largest absolute Gasteiger partial charge is 0.348 e. The van der Waals surface area contributed by atoms with Crippen LogP contribution in [0.1, 0.15) is 39.9 Å². The van der Waals surface area contributed by atoms with Crippen molar-refractivity contribution in [2.45, 2.75) is 32.5 Å². The molecule has 1 fully saturated rings. The van der Waals surface area contributed by atoms with Crippen molar-refractivity contribution in [3.8, 4) is 0 Å². The zero-order valence-corrected chi connectivity index (χ0v) is 21.4. The minimum absolute atomic E-state index is 0.176. The number of hydrogen-bond acceptors (Lipinski definition) is 4. The molecule has 184 valence electrons. The van der Waals surface area contributed by atoms with E-state index < -0.39 is 10.0 Å². The van der Waals surface area contributed by atoms with E-state index in [1.807, 2.05) is 0 Å². The standard InChI is InChI=1S/C27H30ClN3O3S/c1-35(33,34)31(20-23-8-12-25(28)13-9-23)26-14-10-24(11-15-26)27(32)29-18-21-4-6-22(7-5-21)19-30-16-2-3-17-30/h4-15H,2-3,16-20H2,1H3,(H,29,32). The summed E-state index contributed by atoms with van der Waals surface area (Å²) in [7, 11) is -3.52. The molecular weight excluding hydrogens is 482 g/mol. The fourth-order valence-electron chi connectivity index (χ4n) is 4.18. The van der Waals surface area contributed by atoms with E-state index in [2.05, 4.69) is 34.5 Å². The van der Waals surface area contributed by atoms with E-state index in [1.165, 1.54) is 42.1 Å². The summed E-state index contributed by atoms with van der Waals surface area (Å²) in [5, 5.41) is 3.53. The molecule has 0 aromatic heterocycles. The molecule has 1 heterocycles. The molecule has 0 spiro atoms. The summed E-state index contributed by atoms with van der Waals surface area (Å²) in [4.78, 5) is 15.1. The number of likely N-dealkylation sites (tertiary alicyclic amines) is 1. The highest BCUT2D eigenvalue weighted by atomic mass is 35.5. The van der Waals surface area contributed by atoms with Gasteiger partial charge in [0.25, 0.3) is 5.91 Å². The summed E-state index contributed by atoms with van der Waals surface area (Å²) in [5.41, 5.74) is 4.10. The smallest absolute Gasteiger partial charge is 0.251 e. The second kappa shape index (κ2) is 11.2. The Morgan fingerprint density at radius 1 is 0.886 bits per heavy atom. The molecule has 4 rings (SSSR count). The molecule has 1 aliphatic rings. The van der Waals surface area contributed by atoms with Crippen LogP contribution in [0, 0.1) is 0 Å². The normalized spacial score (nSPS) is 14.1. The number of hydrogen-bond donors (Lipinski definition) is 1. The highest BCUT2D eigenvalue weighted by Crippen LogP contribution is 2.22. The predicted octanol–water partition coefficient (Wildman–Crippen LogP) is 4.83. The third kappa shape index (κ3) is 7.07. The topological polar surface area (TPSA) is 69.7 Å². The average Bonchev–Trinajstić information content (AvgIpc) is 3.35. The first kappa shape index (κ1) is 25.2. The SMILES string of the molecule is CS(=O)(=O)N(Cc1ccc(Cl)cc1)c1ccc(C(=O)NCc2ccc(CN3CCCC3)cc2)cc1. The molecule has 0 bridgehead atoms. The molecule has 3 aromatic carbocycles. The van der Waals surface area contributed by atoms with Crippen molar-refractivity contribution in [2.75, 3.05) is 23.7 Å². The van der Waals surface area contributed by atoms with Crippen LogP contribution in [0.2, 0.25) is 5.02 Å². The van der Waals surface area contributed by atoms with Crippen LogP contribution in [-0.4, -0.2) is 38.6 Å². The van der Waals surface area contributed by atoms with Gasteiger partial charge in [0.1, 0.15) is 0 Å². The van der Waals surface area contributed by atoms with E-state index in [9.17, 15) is 13.2 Å². The Kier molecular flexibility index (Phi) is 8.11. The third-order valence-electron chi connectivity index (χ3n) is 6.14. The number of benzene rings is 3. The van der Waals surface area contributed by atoms with Gasteiger partial charge in [0.05, 0.1) is 18.5 Å². The first-order valence-electron chi connectivity index (χ1n) is 11.7. The fourth-order valence-corrected chi connectivity index (χ4v) is 5.19. The van der Waals surface area contributed by atoms with Crippen molar-refractivity contribution >= 4 is 33.2 Å². The van der Waals surface area contributed by atoms with Crippen LogP contribution >= 0.6 is 11.6 Å². The lowest BCUT2D eigenvalue weighted by atomic mass is 10.1. The van der Waals surface area contributed by atoms with Gasteiger partial charge < -0.3 is 5.32 Å². The summed E-state index contributed by atoms with van der Waals surface area (Å²) in [6.07, 6.45) is 3.72. The van der Waals surface area contributed by atoms with Crippen molar-refractivity contribution in [3.05, 3.63) is 100 Å². The van der Waals surface area contributed by atoms with E-state index in [0.29, 0.717) is 22.8 Å². The minimum Gasteiger partial charge on any atom is -0.348 e. The van der Waals surface area contributed by atoms with Crippen LogP contribution in [0.25, 0.3) is 0 Å². The van der Waals surface area contributed by atoms with Gasteiger partial charge in [-0.1, -0.05) is 48.0 Å². The lowest BCUT2D eigenvalue weighted by Crippen LogP contribution is -2.29. The van der Waals surface area contributed by atoms with Gasteiger partial charge in [-0.05, 0) is 79.0 Å². The minimum atomic E-state index is -3.52. The van der Waals surface area contributed by atoms with Crippen molar-refractivity contribution in [1.82, 2.24) is 10.2 Å². The zero-order valence-electron chi connectivity index (χ0n) is 19.8. The maximum absolute atomic E-state index is 12.7. The molecule has 1 N–H and O–H groups in total. The highest BCUT2D eigenvalue weighted by molar-refractivity contribution is 7.92. The Hall–Kier alpha value is -2.87. The van der Waals surface area contributed by atoms with Crippen LogP contribution in [0.15, 0.2) is 72.8 Å². The van der Waals surface area contributed by atoms with Crippen molar-refractivity contribution in [2.24, 2.45) is 0 Å². The molecule has 0 aliphatic carbocycles. The predicted molar refractivity (Wildman–Crippen MR) is 141 cm³/mol. The monoisotopic (exact) mass is 511 g/mol. The molecule has 6 nitrogen and oxygen atoms in total. The van der Waals surface area contributed by atoms with E-state index in [0.717, 1.165) is 17.7 Å². The first-order valence-corrected chi connectivity index (χ1v) is 13.9. The number of carbonyl (C=O) groups excluding carboxylic acids is 1. The van der Waals surface area contributed by atoms with Crippen molar-refractivity contribution in [3.63, 3.8) is 0 Å². The molecule has 0 radical (unpaired) electrons. The fraction of sp³-hybridized carbons (Fsp3) is 0.296. The average molecular weight is 512 g/mol. The van der Waals surface area contributed by atoms with E-state index in [-0.39, 0.29) is 12.5 Å². The van der Waals surface area contributed by atoms with Gasteiger partial charge >= 0.3 is 0 Å². The molecule has 0 atom stereocenters. The first-order chi connectivity index (χ1) is 16.8. The summed E-state index contributed by atoms with van der Waals surface area (Å²) in [6, 6.07) is 22.0. The Bertz CT molecular complexity index is 1240. The van der Waals surface area contributed by atoms with E-state index in [4.69, 9.17) is 11.6 Å². The summed E-state index contributed by atoms with van der Waals surface area (Å²) < 4.78 is 26.1. The summed E-state index contributed by atoms with van der Waals surface area (Å²) in [6.45, 7) is 3.91. The lowest BCUT2D eigenvalue weighted by Gasteiger charge is -2.23. The third-order valence-corrected chi connectivity index (χ3v) is 7.53. The number of nitrogens with zero attached hydrogens (tertiary/aromatic N) is 2. The number of nitrogens with one attached hydrogen (secondary N) is 1. The van der Waals surface area contributed by atoms with E-state index >= 15 is 0 Å². The van der Waals surface area contributed by atoms with Crippen LogP contribution in [0.4, 0.5) is 5.69 Å². The van der Waals surface area contributed by atoms with Gasteiger partial charge in [0.15, 0.2) is 0 Å². The molecule has 0 saturated carbocycles. The molecule has 35 heavy (non-hydrogen) atoms. The van der Waals surface area contributed by atoms with Crippen molar-refractivity contribution in [1.29, 1.82) is 0 Å². The molecule has 1 amide bonds. The number of rotatable bonds is 9. The second-order valence-corrected chi connectivity index (χ2v) is 11.3. The summed E-state index contributed by atoms with van der Waals surface area (Å²) in [5.74, 6) is -0.207. The highest BCUT2D eigenvalue weighted by Gasteiger charge is 2.18. The van der Waals surface area contributed by atoms with E-state index in [1.54, 1.807) is 48.5 Å².